The van der Waals surface area contributed by atoms with Crippen molar-refractivity contribution < 1.29 is 95.0 Å². The maximum Gasteiger partial charge on any atom is 0.509 e. The Hall–Kier alpha value is -8.30. The van der Waals surface area contributed by atoms with Gasteiger partial charge in [0.2, 0.25) is 0 Å². The summed E-state index contributed by atoms with van der Waals surface area (Å²) in [5.74, 6) is -3.51. The number of carbonyl (C=O) groups is 4. The molecule has 9 rings (SSSR count). The summed E-state index contributed by atoms with van der Waals surface area (Å²) in [4.78, 5) is 62.9. The van der Waals surface area contributed by atoms with Crippen molar-refractivity contribution in [1.29, 1.82) is 0 Å². The molecule has 95 heavy (non-hydrogen) atoms. The smallest absolute Gasteiger partial charge is 0.467 e. The lowest BCUT2D eigenvalue weighted by atomic mass is 9.87. The highest BCUT2D eigenvalue weighted by Crippen LogP contribution is 2.42. The Kier molecular flexibility index (Phi) is 26.5. The predicted octanol–water partition coefficient (Wildman–Crippen LogP) is 10.5. The number of hydrogen-bond donors (Lipinski definition) is 0. The van der Waals surface area contributed by atoms with Crippen LogP contribution in [0, 0.1) is 5.92 Å². The van der Waals surface area contributed by atoms with E-state index in [0.717, 1.165) is 23.8 Å². The van der Waals surface area contributed by atoms with Crippen LogP contribution in [0.2, 0.25) is 0 Å². The lowest BCUT2D eigenvalue weighted by Gasteiger charge is -2.51. The van der Waals surface area contributed by atoms with Gasteiger partial charge in [-0.05, 0) is 71.1 Å². The first kappa shape index (κ1) is 71.0. The molecule has 0 amide bonds. The van der Waals surface area contributed by atoms with Crippen molar-refractivity contribution in [3.63, 3.8) is 0 Å². The van der Waals surface area contributed by atoms with E-state index in [-0.39, 0.29) is 45.0 Å². The average Bonchev–Trinajstić information content (AvgIpc) is 0.778. The van der Waals surface area contributed by atoms with E-state index in [1.54, 1.807) is 75.4 Å². The Balaban J connectivity index is 1.07. The van der Waals surface area contributed by atoms with Crippen LogP contribution in [-0.4, -0.2) is 161 Å². The first-order valence-electron chi connectivity index (χ1n) is 31.5. The minimum Gasteiger partial charge on any atom is -0.467 e. The third kappa shape index (κ3) is 18.2. The first-order chi connectivity index (χ1) is 46.3. The lowest BCUT2D eigenvalue weighted by molar-refractivity contribution is -0.367. The van der Waals surface area contributed by atoms with Crippen molar-refractivity contribution >= 4 is 24.1 Å². The van der Waals surface area contributed by atoms with E-state index < -0.39 is 146 Å². The highest BCUT2D eigenvalue weighted by atomic mass is 16.8. The largest absolute Gasteiger partial charge is 0.509 e. The zero-order chi connectivity index (χ0) is 67.2. The third-order valence-corrected chi connectivity index (χ3v) is 16.8. The molecule has 0 N–H and O–H groups in total. The lowest BCUT2D eigenvalue weighted by Crippen LogP contribution is -2.67. The van der Waals surface area contributed by atoms with Crippen LogP contribution in [0.25, 0.3) is 20.9 Å². The van der Waals surface area contributed by atoms with Crippen LogP contribution in [-0.2, 0) is 112 Å². The summed E-state index contributed by atoms with van der Waals surface area (Å²) in [7, 11) is 2.31. The molecule has 5 aromatic rings. The number of nitrogens with zero attached hydrogens (tertiary/aromatic N) is 6. The standard InChI is InChI=1S/C69H80N6O20/c1-8-36-82-69(79)95-62-57(86-40-46-32-22-14-23-33-46)59(93-67-51(73-75-71)55(84-38-44-28-18-12-19-29-44)54(49(10-3)89-67)83-37-43-26-16-11-17-27-43)61(65(78)81-7)94-68(62)91-52-41(4)50(72-74-70)66(88-48(52)9-2)92-58-56(85-39-45-30-20-13-21-31-45)53(42(5)87-60(58)64(77)80-6)90-63(76)47-34-24-15-25-35-47/h8,11-35,41-42,48-62,66-68H,1,9-10,36-40H2,2-7H3/t41?,42-,48?,49?,50+,51?,52+,53?,54+,55+,56+,57-,58+,59+,60?,61?,62?,66+,67-,68-/m1/s1. The van der Waals surface area contributed by atoms with E-state index in [0.29, 0.717) is 12.0 Å². The summed E-state index contributed by atoms with van der Waals surface area (Å²) >= 11 is 0. The van der Waals surface area contributed by atoms with Gasteiger partial charge in [0.25, 0.3) is 0 Å². The second-order valence-corrected chi connectivity index (χ2v) is 22.9. The highest BCUT2D eigenvalue weighted by molar-refractivity contribution is 5.89. The van der Waals surface area contributed by atoms with Crippen LogP contribution in [0.15, 0.2) is 175 Å². The van der Waals surface area contributed by atoms with E-state index in [2.05, 4.69) is 26.6 Å². The van der Waals surface area contributed by atoms with Gasteiger partial charge in [0.05, 0.1) is 76.7 Å². The van der Waals surface area contributed by atoms with E-state index in [1.165, 1.54) is 13.2 Å². The summed E-state index contributed by atoms with van der Waals surface area (Å²) in [6.07, 6.45) is -22.5. The molecule has 26 nitrogen and oxygen atoms in total. The molecule has 26 heteroatoms. The van der Waals surface area contributed by atoms with E-state index in [1.807, 2.05) is 104 Å². The van der Waals surface area contributed by atoms with Gasteiger partial charge in [-0.25, -0.2) is 19.2 Å². The minimum absolute atomic E-state index is 0.0452. The van der Waals surface area contributed by atoms with E-state index in [4.69, 9.17) is 75.8 Å². The molecule has 8 unspecified atom stereocenters. The molecule has 506 valence electrons. The summed E-state index contributed by atoms with van der Waals surface area (Å²) in [5.41, 5.74) is 24.0. The Morgan fingerprint density at radius 1 is 0.484 bits per heavy atom. The topological polar surface area (TPSA) is 313 Å². The number of carbonyl (C=O) groups excluding carboxylic acids is 4. The molecule has 4 heterocycles. The highest BCUT2D eigenvalue weighted by Gasteiger charge is 2.60. The zero-order valence-electron chi connectivity index (χ0n) is 53.6. The van der Waals surface area contributed by atoms with Crippen molar-refractivity contribution in [1.82, 2.24) is 0 Å². The van der Waals surface area contributed by atoms with E-state index >= 15 is 0 Å². The van der Waals surface area contributed by atoms with Gasteiger partial charge in [-0.2, -0.15) is 0 Å². The second-order valence-electron chi connectivity index (χ2n) is 22.9. The Labute approximate surface area is 550 Å². The number of methoxy groups -OCH3 is 2. The van der Waals surface area contributed by atoms with Gasteiger partial charge < -0.3 is 75.8 Å². The van der Waals surface area contributed by atoms with Gasteiger partial charge in [0.15, 0.2) is 43.3 Å². The molecule has 0 radical (unpaired) electrons. The Morgan fingerprint density at radius 3 is 1.36 bits per heavy atom. The molecule has 4 saturated heterocycles. The summed E-state index contributed by atoms with van der Waals surface area (Å²) in [6.45, 7) is 10.3. The quantitative estimate of drug-likeness (QED) is 0.0107. The third-order valence-electron chi connectivity index (χ3n) is 16.8. The SMILES string of the molecule is C=CCOC(=O)OC1[C@H](O[C@@H]2C(CC)O[C@@H](O[C@@H]3C(C(=O)OC)O[C@H](C)C(OC(=O)c4ccccc4)[C@@H]3OCc3ccccc3)[C@@H](N=[N+]=[N-])C2C)OC(C(=O)OC)[C@@H](O[C@H]2OC(CC)[C@H](OCc3ccccc3)[C@@H](OCc3ccccc3)C2N=[N+]=[N-])[C@H]1OCc1ccccc1. The van der Waals surface area contributed by atoms with Crippen LogP contribution in [0.3, 0.4) is 0 Å². The van der Waals surface area contributed by atoms with E-state index in [9.17, 15) is 30.2 Å². The van der Waals surface area contributed by atoms with Gasteiger partial charge in [-0.3, -0.25) is 0 Å². The Morgan fingerprint density at radius 2 is 0.895 bits per heavy atom. The van der Waals surface area contributed by atoms with Crippen LogP contribution in [0.4, 0.5) is 4.79 Å². The van der Waals surface area contributed by atoms with Gasteiger partial charge in [0.1, 0.15) is 49.3 Å². The minimum atomic E-state index is -1.81. The molecule has 0 spiro atoms. The molecule has 4 aliphatic heterocycles. The van der Waals surface area contributed by atoms with Crippen molar-refractivity contribution in [3.05, 3.63) is 213 Å². The van der Waals surface area contributed by atoms with Gasteiger partial charge >= 0.3 is 24.1 Å². The maximum absolute atomic E-state index is 14.6. The monoisotopic (exact) mass is 1310 g/mol. The Bertz CT molecular complexity index is 3340. The number of azide groups is 2. The molecule has 0 aromatic heterocycles. The van der Waals surface area contributed by atoms with Gasteiger partial charge in [0, 0.05) is 9.82 Å². The molecule has 4 fully saturated rings. The molecule has 4 aliphatic rings. The first-order valence-corrected chi connectivity index (χ1v) is 31.5. The van der Waals surface area contributed by atoms with Crippen molar-refractivity contribution in [2.75, 3.05) is 20.8 Å². The van der Waals surface area contributed by atoms with Crippen molar-refractivity contribution in [2.24, 2.45) is 16.1 Å². The fraction of sp³-hybridized carbons (Fsp3) is 0.478. The number of benzene rings is 5. The molecular weight excluding hydrogens is 1230 g/mol. The summed E-state index contributed by atoms with van der Waals surface area (Å²) in [6, 6.07) is 42.6. The van der Waals surface area contributed by atoms with Gasteiger partial charge in [-0.1, -0.05) is 183 Å². The van der Waals surface area contributed by atoms with Crippen LogP contribution >= 0.6 is 0 Å². The molecule has 20 atom stereocenters. The maximum atomic E-state index is 14.6. The second kappa shape index (κ2) is 35.4. The molecular formula is C69H80N6O20. The van der Waals surface area contributed by atoms with Crippen LogP contribution in [0.5, 0.6) is 0 Å². The predicted molar refractivity (Wildman–Crippen MR) is 337 cm³/mol. The fourth-order valence-corrected chi connectivity index (χ4v) is 12.0. The molecule has 5 aromatic carbocycles. The zero-order valence-corrected chi connectivity index (χ0v) is 53.6. The summed E-state index contributed by atoms with van der Waals surface area (Å²) in [5, 5.41) is 8.43. The number of rotatable bonds is 29. The normalized spacial score (nSPS) is 30.4. The number of esters is 3. The number of hydrogen-bond acceptors (Lipinski definition) is 22. The molecule has 0 saturated carbocycles. The van der Waals surface area contributed by atoms with Crippen molar-refractivity contribution in [3.8, 4) is 0 Å². The average molecular weight is 1310 g/mol. The fourth-order valence-electron chi connectivity index (χ4n) is 12.0. The van der Waals surface area contributed by atoms with Crippen LogP contribution in [0.1, 0.15) is 73.1 Å². The summed E-state index contributed by atoms with van der Waals surface area (Å²) < 4.78 is 103. The molecule has 0 aliphatic carbocycles. The molecule has 0 bridgehead atoms. The van der Waals surface area contributed by atoms with Gasteiger partial charge in [-0.15, -0.1) is 0 Å². The number of ether oxygens (including phenoxy) is 16. The van der Waals surface area contributed by atoms with Crippen molar-refractivity contribution in [2.45, 2.75) is 183 Å². The van der Waals surface area contributed by atoms with Crippen LogP contribution < -0.4 is 0 Å².